The van der Waals surface area contributed by atoms with Crippen LogP contribution >= 0.6 is 7.82 Å². The molecule has 3 N–H and O–H groups in total. The Hall–Kier alpha value is -1.51. The smallest absolute Gasteiger partial charge is 0.463 e. The van der Waals surface area contributed by atoms with Gasteiger partial charge in [0.1, 0.15) is 12.7 Å². The quantitative estimate of drug-likeness (QED) is 0.0241. The van der Waals surface area contributed by atoms with Gasteiger partial charge in [0.2, 0.25) is 5.91 Å². The minimum atomic E-state index is -4.42. The molecule has 0 aromatic carbocycles. The number of hydrogen-bond donors (Lipinski definition) is 3. The number of hydrogen-bond acceptors (Lipinski definition) is 7. The van der Waals surface area contributed by atoms with Crippen molar-refractivity contribution in [1.29, 1.82) is 0 Å². The van der Waals surface area contributed by atoms with Crippen molar-refractivity contribution >= 4 is 19.7 Å². The fraction of sp³-hybridized carbons (Fsp3) is 0.864. The van der Waals surface area contributed by atoms with E-state index in [0.29, 0.717) is 6.42 Å². The second kappa shape index (κ2) is 41.1. The topological polar surface area (TPSA) is 131 Å². The average Bonchev–Trinajstić information content (AvgIpc) is 3.16. The number of ether oxygens (including phenoxy) is 1. The Morgan fingerprint density at radius 1 is 0.574 bits per heavy atom. The van der Waals surface area contributed by atoms with Crippen LogP contribution in [0.25, 0.3) is 0 Å². The number of carbonyl (C=O) groups is 2. The van der Waals surface area contributed by atoms with Gasteiger partial charge in [-0.1, -0.05) is 186 Å². The number of aliphatic hydroxyl groups is 1. The predicted molar refractivity (Wildman–Crippen MR) is 224 cm³/mol. The summed E-state index contributed by atoms with van der Waals surface area (Å²) >= 11 is 0. The first-order valence-corrected chi connectivity index (χ1v) is 23.8. The van der Waals surface area contributed by atoms with Crippen molar-refractivity contribution in [1.82, 2.24) is 5.32 Å². The van der Waals surface area contributed by atoms with Crippen LogP contribution < -0.4 is 5.32 Å². The lowest BCUT2D eigenvalue weighted by Crippen LogP contribution is -2.27. The zero-order chi connectivity index (χ0) is 39.6. The van der Waals surface area contributed by atoms with Gasteiger partial charge in [0.05, 0.1) is 13.2 Å². The van der Waals surface area contributed by atoms with Crippen molar-refractivity contribution in [2.75, 3.05) is 26.4 Å². The van der Waals surface area contributed by atoms with Crippen molar-refractivity contribution in [3.8, 4) is 0 Å². The van der Waals surface area contributed by atoms with E-state index in [1.807, 2.05) is 0 Å². The molecule has 318 valence electrons. The maximum atomic E-state index is 12.1. The summed E-state index contributed by atoms with van der Waals surface area (Å²) in [6.07, 6.45) is 44.0. The number of carbonyl (C=O) groups excluding carboxylic acids is 2. The van der Waals surface area contributed by atoms with Gasteiger partial charge in [-0.05, 0) is 38.5 Å². The summed E-state index contributed by atoms with van der Waals surface area (Å²) in [4.78, 5) is 33.9. The van der Waals surface area contributed by atoms with Gasteiger partial charge >= 0.3 is 13.8 Å². The van der Waals surface area contributed by atoms with Crippen LogP contribution in [0.2, 0.25) is 0 Å². The van der Waals surface area contributed by atoms with E-state index in [1.54, 1.807) is 0 Å². The summed E-state index contributed by atoms with van der Waals surface area (Å²) in [5.74, 6) is -0.524. The highest BCUT2D eigenvalue weighted by Gasteiger charge is 2.23. The number of allylic oxidation sites excluding steroid dienone is 4. The highest BCUT2D eigenvalue weighted by atomic mass is 31.2. The average molecular weight is 786 g/mol. The largest absolute Gasteiger partial charge is 0.472 e. The van der Waals surface area contributed by atoms with Crippen LogP contribution in [0.15, 0.2) is 24.3 Å². The molecule has 54 heavy (non-hydrogen) atoms. The van der Waals surface area contributed by atoms with Gasteiger partial charge in [0.15, 0.2) is 0 Å². The molecule has 2 unspecified atom stereocenters. The summed E-state index contributed by atoms with van der Waals surface area (Å²) in [6.45, 7) is 3.50. The molecule has 0 aliphatic heterocycles. The Bertz CT molecular complexity index is 944. The lowest BCUT2D eigenvalue weighted by atomic mass is 10.0. The molecule has 0 heterocycles. The molecule has 2 atom stereocenters. The fourth-order valence-corrected chi connectivity index (χ4v) is 7.00. The highest BCUT2D eigenvalue weighted by molar-refractivity contribution is 7.47. The van der Waals surface area contributed by atoms with Crippen LogP contribution in [0.4, 0.5) is 0 Å². The molecule has 0 aliphatic rings. The number of aliphatic hydroxyl groups excluding tert-OH is 1. The van der Waals surface area contributed by atoms with Crippen LogP contribution in [-0.4, -0.2) is 54.3 Å². The molecule has 1 amide bonds. The predicted octanol–water partition coefficient (Wildman–Crippen LogP) is 12.4. The number of phosphoric acid groups is 1. The maximum Gasteiger partial charge on any atom is 0.472 e. The molecule has 0 aromatic heterocycles. The van der Waals surface area contributed by atoms with Crippen molar-refractivity contribution in [2.24, 2.45) is 0 Å². The van der Waals surface area contributed by atoms with Crippen LogP contribution in [0.5, 0.6) is 0 Å². The summed E-state index contributed by atoms with van der Waals surface area (Å²) < 4.78 is 26.8. The molecular formula is C44H84NO8P. The maximum absolute atomic E-state index is 12.1. The SMILES string of the molecule is CCC/C=C\C/C=C\CCCCCCCC(=O)OCC(O)COP(=O)(O)OCCNC(=O)CCCCCCCCCCCCCCCCCCCCCC. The third-order valence-electron chi connectivity index (χ3n) is 9.62. The first-order chi connectivity index (χ1) is 26.3. The van der Waals surface area contributed by atoms with Crippen molar-refractivity contribution in [2.45, 2.75) is 219 Å². The molecule has 9 nitrogen and oxygen atoms in total. The van der Waals surface area contributed by atoms with E-state index in [2.05, 4.69) is 43.5 Å². The molecule has 0 radical (unpaired) electrons. The van der Waals surface area contributed by atoms with Gasteiger partial charge in [-0.25, -0.2) is 4.57 Å². The standard InChI is InChI=1S/C44H84NO8P/c1-3-5-7-9-11-13-15-17-18-19-20-21-22-23-25-26-28-30-32-34-36-43(47)45-38-39-52-54(49,50)53-41-42(46)40-51-44(48)37-35-33-31-29-27-24-16-14-12-10-8-6-4-2/h8,10,14,16,42,46H,3-7,9,11-13,15,17-41H2,1-2H3,(H,45,47)(H,49,50)/b10-8-,16-14-. The third kappa shape index (κ3) is 41.6. The molecule has 0 spiro atoms. The Kier molecular flexibility index (Phi) is 40.0. The molecule has 0 saturated carbocycles. The Morgan fingerprint density at radius 2 is 1.04 bits per heavy atom. The second-order valence-electron chi connectivity index (χ2n) is 15.0. The van der Waals surface area contributed by atoms with Gasteiger partial charge in [0.25, 0.3) is 0 Å². The van der Waals surface area contributed by atoms with Crippen LogP contribution in [-0.2, 0) is 27.9 Å². The Labute approximate surface area is 331 Å². The lowest BCUT2D eigenvalue weighted by Gasteiger charge is -2.15. The summed E-state index contributed by atoms with van der Waals surface area (Å²) in [7, 11) is -4.42. The zero-order valence-corrected chi connectivity index (χ0v) is 35.8. The third-order valence-corrected chi connectivity index (χ3v) is 10.6. The Balaban J connectivity index is 3.55. The van der Waals surface area contributed by atoms with E-state index in [0.717, 1.165) is 70.6 Å². The summed E-state index contributed by atoms with van der Waals surface area (Å²) in [5, 5.41) is 12.7. The van der Waals surface area contributed by atoms with Gasteiger partial charge in [0, 0.05) is 19.4 Å². The molecule has 0 aliphatic carbocycles. The number of esters is 1. The van der Waals surface area contributed by atoms with Crippen molar-refractivity contribution in [3.63, 3.8) is 0 Å². The van der Waals surface area contributed by atoms with Crippen molar-refractivity contribution in [3.05, 3.63) is 24.3 Å². The fourth-order valence-electron chi connectivity index (χ4n) is 6.24. The highest BCUT2D eigenvalue weighted by Crippen LogP contribution is 2.42. The van der Waals surface area contributed by atoms with E-state index >= 15 is 0 Å². The van der Waals surface area contributed by atoms with Gasteiger partial charge in [-0.15, -0.1) is 0 Å². The number of nitrogens with one attached hydrogen (secondary N) is 1. The number of phosphoric ester groups is 1. The van der Waals surface area contributed by atoms with Gasteiger partial charge < -0.3 is 20.1 Å². The van der Waals surface area contributed by atoms with Crippen LogP contribution in [0.1, 0.15) is 213 Å². The number of amides is 1. The molecular weight excluding hydrogens is 701 g/mol. The monoisotopic (exact) mass is 786 g/mol. The van der Waals surface area contributed by atoms with E-state index in [1.165, 1.54) is 116 Å². The number of rotatable bonds is 42. The van der Waals surface area contributed by atoms with Crippen LogP contribution in [0.3, 0.4) is 0 Å². The minimum absolute atomic E-state index is 0.0835. The van der Waals surface area contributed by atoms with Gasteiger partial charge in [-0.2, -0.15) is 0 Å². The van der Waals surface area contributed by atoms with Gasteiger partial charge in [-0.3, -0.25) is 18.6 Å². The molecule has 0 fully saturated rings. The molecule has 0 aromatic rings. The first kappa shape index (κ1) is 52.5. The van der Waals surface area contributed by atoms with E-state index < -0.39 is 26.5 Å². The van der Waals surface area contributed by atoms with Crippen molar-refractivity contribution < 1.29 is 37.9 Å². The minimum Gasteiger partial charge on any atom is -0.463 e. The lowest BCUT2D eigenvalue weighted by molar-refractivity contribution is -0.147. The summed E-state index contributed by atoms with van der Waals surface area (Å²) in [6, 6.07) is 0. The van der Waals surface area contributed by atoms with E-state index in [-0.39, 0.29) is 32.1 Å². The molecule has 10 heteroatoms. The normalized spacial score (nSPS) is 13.5. The van der Waals surface area contributed by atoms with Crippen LogP contribution in [0, 0.1) is 0 Å². The summed E-state index contributed by atoms with van der Waals surface area (Å²) in [5.41, 5.74) is 0. The first-order valence-electron chi connectivity index (χ1n) is 22.3. The molecule has 0 bridgehead atoms. The second-order valence-corrected chi connectivity index (χ2v) is 16.5. The molecule has 0 rings (SSSR count). The number of unbranched alkanes of at least 4 members (excludes halogenated alkanes) is 25. The van der Waals surface area contributed by atoms with E-state index in [9.17, 15) is 24.2 Å². The zero-order valence-electron chi connectivity index (χ0n) is 34.9. The Morgan fingerprint density at radius 3 is 1.56 bits per heavy atom. The van der Waals surface area contributed by atoms with E-state index in [4.69, 9.17) is 13.8 Å². The molecule has 0 saturated heterocycles.